The molecule has 0 amide bonds. The van der Waals surface area contributed by atoms with E-state index in [2.05, 4.69) is 42.5 Å². The summed E-state index contributed by atoms with van der Waals surface area (Å²) in [6.45, 7) is 0.537. The summed E-state index contributed by atoms with van der Waals surface area (Å²) in [5, 5.41) is 0. The number of benzene rings is 3. The van der Waals surface area contributed by atoms with E-state index in [1.54, 1.807) is 7.11 Å². The van der Waals surface area contributed by atoms with Gasteiger partial charge in [-0.1, -0.05) is 66.7 Å². The summed E-state index contributed by atoms with van der Waals surface area (Å²) in [4.78, 5) is 0. The van der Waals surface area contributed by atoms with Crippen molar-refractivity contribution in [1.82, 2.24) is 0 Å². The van der Waals surface area contributed by atoms with Gasteiger partial charge in [0.25, 0.3) is 0 Å². The lowest BCUT2D eigenvalue weighted by Crippen LogP contribution is -1.98. The highest BCUT2D eigenvalue weighted by Crippen LogP contribution is 2.29. The lowest BCUT2D eigenvalue weighted by atomic mass is 10.0. The zero-order valence-electron chi connectivity index (χ0n) is 13.2. The van der Waals surface area contributed by atoms with Gasteiger partial charge in [-0.3, -0.25) is 0 Å². The third-order valence-electron chi connectivity index (χ3n) is 3.72. The molecule has 3 aromatic carbocycles. The second-order valence-electron chi connectivity index (χ2n) is 5.42. The fourth-order valence-electron chi connectivity index (χ4n) is 2.51. The SMILES string of the molecule is COc1cc(Cc2ccccc2)ccc1OCc1ccccc1. The molecule has 0 aliphatic carbocycles. The maximum absolute atomic E-state index is 5.89. The van der Waals surface area contributed by atoms with Crippen molar-refractivity contribution < 1.29 is 9.47 Å². The van der Waals surface area contributed by atoms with Crippen LogP contribution in [0.15, 0.2) is 78.9 Å². The number of methoxy groups -OCH3 is 1. The van der Waals surface area contributed by atoms with Gasteiger partial charge >= 0.3 is 0 Å². The molecule has 2 heteroatoms. The van der Waals surface area contributed by atoms with Crippen molar-refractivity contribution in [3.63, 3.8) is 0 Å². The van der Waals surface area contributed by atoms with Crippen LogP contribution in [0.5, 0.6) is 11.5 Å². The predicted molar refractivity (Wildman–Crippen MR) is 93.0 cm³/mol. The van der Waals surface area contributed by atoms with E-state index in [0.29, 0.717) is 6.61 Å². The van der Waals surface area contributed by atoms with Crippen LogP contribution in [-0.4, -0.2) is 7.11 Å². The quantitative estimate of drug-likeness (QED) is 0.647. The lowest BCUT2D eigenvalue weighted by molar-refractivity contribution is 0.284. The van der Waals surface area contributed by atoms with Crippen molar-refractivity contribution >= 4 is 0 Å². The van der Waals surface area contributed by atoms with Gasteiger partial charge in [-0.15, -0.1) is 0 Å². The highest BCUT2D eigenvalue weighted by molar-refractivity contribution is 5.44. The predicted octanol–water partition coefficient (Wildman–Crippen LogP) is 4.87. The fourth-order valence-corrected chi connectivity index (χ4v) is 2.51. The van der Waals surface area contributed by atoms with Crippen molar-refractivity contribution in [3.8, 4) is 11.5 Å². The van der Waals surface area contributed by atoms with Gasteiger partial charge in [0, 0.05) is 0 Å². The number of hydrogen-bond donors (Lipinski definition) is 0. The Kier molecular flexibility index (Phi) is 4.95. The molecule has 0 aliphatic heterocycles. The van der Waals surface area contributed by atoms with E-state index < -0.39 is 0 Å². The molecule has 0 atom stereocenters. The molecular weight excluding hydrogens is 284 g/mol. The Labute approximate surface area is 137 Å². The summed E-state index contributed by atoms with van der Waals surface area (Å²) in [6.07, 6.45) is 0.885. The number of rotatable bonds is 6. The normalized spacial score (nSPS) is 10.3. The molecule has 116 valence electrons. The van der Waals surface area contributed by atoms with Gasteiger partial charge in [-0.05, 0) is 35.2 Å². The van der Waals surface area contributed by atoms with Crippen LogP contribution in [0.25, 0.3) is 0 Å². The average molecular weight is 304 g/mol. The molecule has 0 aliphatic rings. The summed E-state index contributed by atoms with van der Waals surface area (Å²) < 4.78 is 11.4. The van der Waals surface area contributed by atoms with Gasteiger partial charge in [0.2, 0.25) is 0 Å². The number of hydrogen-bond acceptors (Lipinski definition) is 2. The molecule has 2 nitrogen and oxygen atoms in total. The van der Waals surface area contributed by atoms with E-state index in [4.69, 9.17) is 9.47 Å². The molecule has 23 heavy (non-hydrogen) atoms. The van der Waals surface area contributed by atoms with Crippen LogP contribution < -0.4 is 9.47 Å². The topological polar surface area (TPSA) is 18.5 Å². The average Bonchev–Trinajstić information content (AvgIpc) is 2.62. The summed E-state index contributed by atoms with van der Waals surface area (Å²) in [7, 11) is 1.68. The van der Waals surface area contributed by atoms with Crippen LogP contribution in [0, 0.1) is 0 Å². The first-order chi connectivity index (χ1) is 11.3. The molecule has 0 fully saturated rings. The third kappa shape index (κ3) is 4.13. The van der Waals surface area contributed by atoms with Gasteiger partial charge < -0.3 is 9.47 Å². The first-order valence-electron chi connectivity index (χ1n) is 7.73. The van der Waals surface area contributed by atoms with Crippen molar-refractivity contribution in [3.05, 3.63) is 95.6 Å². The minimum Gasteiger partial charge on any atom is -0.493 e. The van der Waals surface area contributed by atoms with Crippen LogP contribution in [-0.2, 0) is 13.0 Å². The van der Waals surface area contributed by atoms with E-state index >= 15 is 0 Å². The Morgan fingerprint density at radius 2 is 1.30 bits per heavy atom. The monoisotopic (exact) mass is 304 g/mol. The largest absolute Gasteiger partial charge is 0.493 e. The van der Waals surface area contributed by atoms with Crippen molar-refractivity contribution in [2.75, 3.05) is 7.11 Å². The van der Waals surface area contributed by atoms with E-state index in [9.17, 15) is 0 Å². The van der Waals surface area contributed by atoms with Crippen molar-refractivity contribution in [2.24, 2.45) is 0 Å². The molecule has 0 spiro atoms. The number of ether oxygens (including phenoxy) is 2. The summed E-state index contributed by atoms with van der Waals surface area (Å²) in [6, 6.07) is 26.7. The van der Waals surface area contributed by atoms with Crippen molar-refractivity contribution in [2.45, 2.75) is 13.0 Å². The Bertz CT molecular complexity index is 736. The van der Waals surface area contributed by atoms with E-state index in [0.717, 1.165) is 23.5 Å². The Hall–Kier alpha value is -2.74. The molecule has 0 unspecified atom stereocenters. The third-order valence-corrected chi connectivity index (χ3v) is 3.72. The maximum Gasteiger partial charge on any atom is 0.161 e. The van der Waals surface area contributed by atoms with Crippen LogP contribution in [0.1, 0.15) is 16.7 Å². The zero-order chi connectivity index (χ0) is 15.9. The summed E-state index contributed by atoms with van der Waals surface area (Å²) >= 11 is 0. The van der Waals surface area contributed by atoms with Gasteiger partial charge in [0.1, 0.15) is 6.61 Å². The first kappa shape index (κ1) is 15.2. The molecule has 0 radical (unpaired) electrons. The minimum absolute atomic E-state index is 0.537. The molecular formula is C21H20O2. The van der Waals surface area contributed by atoms with E-state index in [1.807, 2.05) is 36.4 Å². The van der Waals surface area contributed by atoms with E-state index in [-0.39, 0.29) is 0 Å². The van der Waals surface area contributed by atoms with Gasteiger partial charge in [-0.25, -0.2) is 0 Å². The van der Waals surface area contributed by atoms with Gasteiger partial charge in [-0.2, -0.15) is 0 Å². The maximum atomic E-state index is 5.89. The van der Waals surface area contributed by atoms with Crippen LogP contribution >= 0.6 is 0 Å². The van der Waals surface area contributed by atoms with Crippen LogP contribution in [0.4, 0.5) is 0 Å². The Morgan fingerprint density at radius 3 is 1.96 bits per heavy atom. The molecule has 0 heterocycles. The minimum atomic E-state index is 0.537. The molecule has 0 saturated heterocycles. The second-order valence-corrected chi connectivity index (χ2v) is 5.42. The lowest BCUT2D eigenvalue weighted by Gasteiger charge is -2.12. The zero-order valence-corrected chi connectivity index (χ0v) is 13.2. The summed E-state index contributed by atoms with van der Waals surface area (Å²) in [5.74, 6) is 1.54. The Morgan fingerprint density at radius 1 is 0.652 bits per heavy atom. The second kappa shape index (κ2) is 7.50. The molecule has 3 rings (SSSR count). The summed E-state index contributed by atoms with van der Waals surface area (Å²) in [5.41, 5.74) is 3.63. The molecule has 0 saturated carbocycles. The standard InChI is InChI=1S/C21H20O2/c1-22-21-15-19(14-17-8-4-2-5-9-17)12-13-20(21)23-16-18-10-6-3-7-11-18/h2-13,15H,14,16H2,1H3. The fraction of sp³-hybridized carbons (Fsp3) is 0.143. The highest BCUT2D eigenvalue weighted by Gasteiger charge is 2.07. The Balaban J connectivity index is 1.72. The molecule has 3 aromatic rings. The van der Waals surface area contributed by atoms with Crippen LogP contribution in [0.3, 0.4) is 0 Å². The van der Waals surface area contributed by atoms with Gasteiger partial charge in [0.15, 0.2) is 11.5 Å². The van der Waals surface area contributed by atoms with E-state index in [1.165, 1.54) is 11.1 Å². The van der Waals surface area contributed by atoms with Gasteiger partial charge in [0.05, 0.1) is 7.11 Å². The molecule has 0 aromatic heterocycles. The molecule has 0 N–H and O–H groups in total. The highest BCUT2D eigenvalue weighted by atomic mass is 16.5. The van der Waals surface area contributed by atoms with Crippen LogP contribution in [0.2, 0.25) is 0 Å². The smallest absolute Gasteiger partial charge is 0.161 e. The molecule has 0 bridgehead atoms. The van der Waals surface area contributed by atoms with Crippen molar-refractivity contribution in [1.29, 1.82) is 0 Å². The first-order valence-corrected chi connectivity index (χ1v) is 7.73.